The summed E-state index contributed by atoms with van der Waals surface area (Å²) in [5.74, 6) is 1.19. The lowest BCUT2D eigenvalue weighted by Crippen LogP contribution is -2.32. The molecule has 0 aromatic heterocycles. The highest BCUT2D eigenvalue weighted by Gasteiger charge is 2.15. The Bertz CT molecular complexity index is 359. The van der Waals surface area contributed by atoms with Crippen LogP contribution in [0, 0.1) is 5.92 Å². The summed E-state index contributed by atoms with van der Waals surface area (Å²) in [7, 11) is 0. The number of nitrogens with zero attached hydrogens (tertiary/aromatic N) is 1. The van der Waals surface area contributed by atoms with Crippen molar-refractivity contribution in [2.75, 3.05) is 13.1 Å². The van der Waals surface area contributed by atoms with Crippen LogP contribution in [0.3, 0.4) is 0 Å². The van der Waals surface area contributed by atoms with Gasteiger partial charge in [0, 0.05) is 6.54 Å². The van der Waals surface area contributed by atoms with E-state index in [-0.39, 0.29) is 0 Å². The van der Waals surface area contributed by atoms with Gasteiger partial charge in [0.1, 0.15) is 5.75 Å². The molecule has 0 atom stereocenters. The van der Waals surface area contributed by atoms with Crippen LogP contribution in [0.2, 0.25) is 0 Å². The van der Waals surface area contributed by atoms with Gasteiger partial charge >= 0.3 is 0 Å². The number of rotatable bonds is 2. The molecule has 2 rings (SSSR count). The minimum atomic E-state index is 0.316. The van der Waals surface area contributed by atoms with Crippen LogP contribution < -0.4 is 0 Å². The minimum Gasteiger partial charge on any atom is -0.507 e. The summed E-state index contributed by atoms with van der Waals surface area (Å²) < 4.78 is 0.787. The van der Waals surface area contributed by atoms with Crippen LogP contribution in [0.5, 0.6) is 5.75 Å². The molecule has 0 spiro atoms. The van der Waals surface area contributed by atoms with Crippen LogP contribution >= 0.6 is 15.9 Å². The quantitative estimate of drug-likeness (QED) is 0.900. The second kappa shape index (κ2) is 5.19. The maximum Gasteiger partial charge on any atom is 0.129 e. The zero-order valence-corrected chi connectivity index (χ0v) is 11.2. The second-order valence-corrected chi connectivity index (χ2v) is 5.60. The van der Waals surface area contributed by atoms with Crippen molar-refractivity contribution in [3.8, 4) is 5.75 Å². The first-order valence-corrected chi connectivity index (χ1v) is 6.64. The molecule has 3 heteroatoms. The topological polar surface area (TPSA) is 23.5 Å². The Morgan fingerprint density at radius 3 is 2.69 bits per heavy atom. The van der Waals surface area contributed by atoms with Crippen LogP contribution in [0.1, 0.15) is 25.3 Å². The Morgan fingerprint density at radius 1 is 1.38 bits per heavy atom. The predicted molar refractivity (Wildman–Crippen MR) is 69.5 cm³/mol. The molecule has 1 aromatic rings. The highest BCUT2D eigenvalue weighted by molar-refractivity contribution is 9.10. The van der Waals surface area contributed by atoms with Gasteiger partial charge in [-0.3, -0.25) is 4.90 Å². The van der Waals surface area contributed by atoms with E-state index < -0.39 is 0 Å². The van der Waals surface area contributed by atoms with Gasteiger partial charge in [-0.05, 0) is 65.5 Å². The molecule has 0 aliphatic carbocycles. The smallest absolute Gasteiger partial charge is 0.129 e. The summed E-state index contributed by atoms with van der Waals surface area (Å²) in [6.45, 7) is 5.71. The molecule has 1 N–H and O–H groups in total. The van der Waals surface area contributed by atoms with E-state index in [4.69, 9.17) is 0 Å². The largest absolute Gasteiger partial charge is 0.507 e. The van der Waals surface area contributed by atoms with Crippen molar-refractivity contribution in [2.45, 2.75) is 26.3 Å². The van der Waals surface area contributed by atoms with Crippen molar-refractivity contribution in [1.82, 2.24) is 4.90 Å². The van der Waals surface area contributed by atoms with Crippen molar-refractivity contribution in [1.29, 1.82) is 0 Å². The average molecular weight is 284 g/mol. The fourth-order valence-corrected chi connectivity index (χ4v) is 2.55. The standard InChI is InChI=1S/C13H18BrNO/c1-10-4-6-15(7-5-10)9-11-2-3-13(16)12(14)8-11/h2-3,8,10,16H,4-7,9H2,1H3. The summed E-state index contributed by atoms with van der Waals surface area (Å²) in [6, 6.07) is 5.76. The van der Waals surface area contributed by atoms with Crippen molar-refractivity contribution in [2.24, 2.45) is 5.92 Å². The van der Waals surface area contributed by atoms with Gasteiger partial charge < -0.3 is 5.11 Å². The SMILES string of the molecule is CC1CCN(Cc2ccc(O)c(Br)c2)CC1. The number of likely N-dealkylation sites (tertiary alicyclic amines) is 1. The fourth-order valence-electron chi connectivity index (χ4n) is 2.13. The lowest BCUT2D eigenvalue weighted by atomic mass is 9.99. The molecule has 16 heavy (non-hydrogen) atoms. The van der Waals surface area contributed by atoms with E-state index in [0.29, 0.717) is 5.75 Å². The monoisotopic (exact) mass is 283 g/mol. The Balaban J connectivity index is 1.96. The third-order valence-corrected chi connectivity index (χ3v) is 3.93. The van der Waals surface area contributed by atoms with Crippen LogP contribution in [-0.4, -0.2) is 23.1 Å². The normalized spacial score (nSPS) is 18.9. The zero-order valence-electron chi connectivity index (χ0n) is 9.62. The number of phenols is 1. The molecule has 1 saturated heterocycles. The zero-order chi connectivity index (χ0) is 11.5. The summed E-state index contributed by atoms with van der Waals surface area (Å²) in [5.41, 5.74) is 1.26. The molecule has 0 unspecified atom stereocenters. The Hall–Kier alpha value is -0.540. The van der Waals surface area contributed by atoms with E-state index in [1.54, 1.807) is 6.07 Å². The lowest BCUT2D eigenvalue weighted by molar-refractivity contribution is 0.185. The van der Waals surface area contributed by atoms with E-state index in [0.717, 1.165) is 16.9 Å². The maximum atomic E-state index is 9.42. The third-order valence-electron chi connectivity index (χ3n) is 3.29. The van der Waals surface area contributed by atoms with Gasteiger partial charge in [-0.1, -0.05) is 13.0 Å². The van der Waals surface area contributed by atoms with Gasteiger partial charge in [-0.2, -0.15) is 0 Å². The first-order chi connectivity index (χ1) is 7.65. The summed E-state index contributed by atoms with van der Waals surface area (Å²) >= 11 is 3.35. The number of hydrogen-bond donors (Lipinski definition) is 1. The van der Waals surface area contributed by atoms with Gasteiger partial charge in [-0.15, -0.1) is 0 Å². The molecular weight excluding hydrogens is 266 g/mol. The van der Waals surface area contributed by atoms with Gasteiger partial charge in [-0.25, -0.2) is 0 Å². The summed E-state index contributed by atoms with van der Waals surface area (Å²) in [6.07, 6.45) is 2.61. The van der Waals surface area contributed by atoms with E-state index in [1.807, 2.05) is 12.1 Å². The Kier molecular flexibility index (Phi) is 3.87. The lowest BCUT2D eigenvalue weighted by Gasteiger charge is -2.30. The molecule has 88 valence electrons. The molecule has 1 heterocycles. The first-order valence-electron chi connectivity index (χ1n) is 5.85. The highest BCUT2D eigenvalue weighted by atomic mass is 79.9. The molecule has 0 radical (unpaired) electrons. The molecule has 1 aliphatic heterocycles. The summed E-state index contributed by atoms with van der Waals surface area (Å²) in [4.78, 5) is 2.48. The fraction of sp³-hybridized carbons (Fsp3) is 0.538. The highest BCUT2D eigenvalue weighted by Crippen LogP contribution is 2.25. The van der Waals surface area contributed by atoms with Crippen molar-refractivity contribution in [3.05, 3.63) is 28.2 Å². The molecule has 0 amide bonds. The third kappa shape index (κ3) is 2.98. The molecule has 1 aliphatic rings. The molecule has 0 saturated carbocycles. The number of phenolic OH excluding ortho intramolecular Hbond substituents is 1. The molecule has 1 fully saturated rings. The summed E-state index contributed by atoms with van der Waals surface area (Å²) in [5, 5.41) is 9.42. The predicted octanol–water partition coefficient (Wildman–Crippen LogP) is 3.39. The van der Waals surface area contributed by atoms with E-state index >= 15 is 0 Å². The van der Waals surface area contributed by atoms with Gasteiger partial charge in [0.25, 0.3) is 0 Å². The van der Waals surface area contributed by atoms with Gasteiger partial charge in [0.15, 0.2) is 0 Å². The Labute approximate surface area is 105 Å². The van der Waals surface area contributed by atoms with E-state index in [1.165, 1.54) is 31.5 Å². The molecule has 0 bridgehead atoms. The van der Waals surface area contributed by atoms with Gasteiger partial charge in [0.2, 0.25) is 0 Å². The average Bonchev–Trinajstić information content (AvgIpc) is 2.27. The number of benzene rings is 1. The van der Waals surface area contributed by atoms with Crippen molar-refractivity contribution >= 4 is 15.9 Å². The molecule has 2 nitrogen and oxygen atoms in total. The van der Waals surface area contributed by atoms with Gasteiger partial charge in [0.05, 0.1) is 4.47 Å². The van der Waals surface area contributed by atoms with E-state index in [9.17, 15) is 5.11 Å². The number of halogens is 1. The number of piperidine rings is 1. The van der Waals surface area contributed by atoms with Crippen LogP contribution in [0.25, 0.3) is 0 Å². The van der Waals surface area contributed by atoms with Crippen LogP contribution in [0.15, 0.2) is 22.7 Å². The molecule has 1 aromatic carbocycles. The maximum absolute atomic E-state index is 9.42. The van der Waals surface area contributed by atoms with Crippen LogP contribution in [0.4, 0.5) is 0 Å². The Morgan fingerprint density at radius 2 is 2.06 bits per heavy atom. The molecular formula is C13H18BrNO. The minimum absolute atomic E-state index is 0.316. The second-order valence-electron chi connectivity index (χ2n) is 4.74. The number of hydrogen-bond acceptors (Lipinski definition) is 2. The van der Waals surface area contributed by atoms with E-state index in [2.05, 4.69) is 27.8 Å². The van der Waals surface area contributed by atoms with Crippen molar-refractivity contribution < 1.29 is 5.11 Å². The van der Waals surface area contributed by atoms with Crippen molar-refractivity contribution in [3.63, 3.8) is 0 Å². The van der Waals surface area contributed by atoms with Crippen LogP contribution in [-0.2, 0) is 6.54 Å². The first kappa shape index (κ1) is 11.9. The number of aromatic hydroxyl groups is 1.